The zero-order valence-electron chi connectivity index (χ0n) is 24.8. The first-order chi connectivity index (χ1) is 21.7. The number of allylic oxidation sites excluding steroid dienone is 1. The molecule has 6 rings (SSSR count). The second-order valence-electron chi connectivity index (χ2n) is 12.0. The Balaban J connectivity index is 0.989. The lowest BCUT2D eigenvalue weighted by atomic mass is 9.80. The van der Waals surface area contributed by atoms with Crippen LogP contribution in [0, 0.1) is 5.92 Å². The van der Waals surface area contributed by atoms with Gasteiger partial charge < -0.3 is 10.2 Å². The van der Waals surface area contributed by atoms with Crippen LogP contribution < -0.4 is 5.32 Å². The molecule has 0 radical (unpaired) electrons. The highest BCUT2D eigenvalue weighted by atomic mass is 16.2. The maximum atomic E-state index is 13.4. The quantitative estimate of drug-likeness (QED) is 0.216. The second kappa shape index (κ2) is 12.7. The van der Waals surface area contributed by atoms with Gasteiger partial charge in [-0.3, -0.25) is 38.5 Å². The lowest BCUT2D eigenvalue weighted by Gasteiger charge is -2.37. The van der Waals surface area contributed by atoms with Gasteiger partial charge in [0.15, 0.2) is 11.6 Å². The summed E-state index contributed by atoms with van der Waals surface area (Å²) in [6, 6.07) is 14.7. The summed E-state index contributed by atoms with van der Waals surface area (Å²) < 4.78 is 0. The third-order valence-corrected chi connectivity index (χ3v) is 9.23. The summed E-state index contributed by atoms with van der Waals surface area (Å²) in [7, 11) is 0. The van der Waals surface area contributed by atoms with Gasteiger partial charge in [0, 0.05) is 44.5 Å². The molecule has 1 N–H and O–H groups in total. The molecule has 5 amide bonds. The van der Waals surface area contributed by atoms with Crippen molar-refractivity contribution in [2.45, 2.75) is 50.5 Å². The van der Waals surface area contributed by atoms with Crippen molar-refractivity contribution in [3.63, 3.8) is 0 Å². The van der Waals surface area contributed by atoms with Gasteiger partial charge >= 0.3 is 0 Å². The van der Waals surface area contributed by atoms with Gasteiger partial charge in [0.25, 0.3) is 17.7 Å². The minimum Gasteiger partial charge on any atom is -0.389 e. The van der Waals surface area contributed by atoms with E-state index in [0.29, 0.717) is 56.8 Å². The van der Waals surface area contributed by atoms with Crippen LogP contribution in [0.2, 0.25) is 0 Å². The Morgan fingerprint density at radius 3 is 2.02 bits per heavy atom. The molecule has 1 atom stereocenters. The molecule has 232 valence electrons. The minimum atomic E-state index is -1.20. The van der Waals surface area contributed by atoms with E-state index in [1.165, 1.54) is 18.3 Å². The average molecular weight is 611 g/mol. The van der Waals surface area contributed by atoms with E-state index >= 15 is 0 Å². The monoisotopic (exact) mass is 610 g/mol. The molecule has 0 aromatic heterocycles. The van der Waals surface area contributed by atoms with Crippen LogP contribution in [0.3, 0.4) is 0 Å². The predicted octanol–water partition coefficient (Wildman–Crippen LogP) is 2.23. The molecule has 3 aliphatic heterocycles. The Bertz CT molecular complexity index is 1550. The zero-order chi connectivity index (χ0) is 31.7. The number of Topliss-reactive ketones (excluding diaryl/α,β-unsaturated/α-hetero) is 2. The standard InChI is InChI=1S/C34H34N4O7/c39-28-18-23(21-6-2-1-3-7-21)19-29(40)26(28)20-35-14-17-36-15-12-22(13-16-36)31(42)38-30(41)11-10-27(34(38)45)37-32(43)24-8-4-5-9-25(24)33(37)44/h1-9,20,22-23,27,35H,10-19H2. The summed E-state index contributed by atoms with van der Waals surface area (Å²) in [5, 5.41) is 3.09. The highest BCUT2D eigenvalue weighted by molar-refractivity contribution is 6.25. The van der Waals surface area contributed by atoms with E-state index in [2.05, 4.69) is 10.2 Å². The zero-order valence-corrected chi connectivity index (χ0v) is 24.8. The lowest BCUT2D eigenvalue weighted by Crippen LogP contribution is -2.59. The maximum absolute atomic E-state index is 13.4. The van der Waals surface area contributed by atoms with Crippen LogP contribution in [0.5, 0.6) is 0 Å². The summed E-state index contributed by atoms with van der Waals surface area (Å²) in [4.78, 5) is 94.6. The van der Waals surface area contributed by atoms with E-state index in [0.717, 1.165) is 10.5 Å². The van der Waals surface area contributed by atoms with Crippen molar-refractivity contribution in [3.8, 4) is 0 Å². The molecule has 2 saturated heterocycles. The van der Waals surface area contributed by atoms with Crippen molar-refractivity contribution < 1.29 is 33.6 Å². The van der Waals surface area contributed by atoms with Gasteiger partial charge in [-0.05, 0) is 56.0 Å². The smallest absolute Gasteiger partial charge is 0.262 e. The third-order valence-electron chi connectivity index (χ3n) is 9.23. The topological polar surface area (TPSA) is 141 Å². The van der Waals surface area contributed by atoms with Crippen LogP contribution in [-0.4, -0.2) is 88.0 Å². The SMILES string of the molecule is O=C1CC(c2ccccc2)CC(=O)C1=CNCCN1CCC(C(=O)N2C(=O)CCC(N3C(=O)c4ccccc4C3=O)C2=O)CC1. The molecule has 2 aromatic rings. The number of rotatable bonds is 7. The van der Waals surface area contributed by atoms with Crippen LogP contribution in [0.15, 0.2) is 66.4 Å². The van der Waals surface area contributed by atoms with E-state index < -0.39 is 41.5 Å². The van der Waals surface area contributed by atoms with Crippen LogP contribution in [-0.2, 0) is 24.0 Å². The van der Waals surface area contributed by atoms with Crippen molar-refractivity contribution in [3.05, 3.63) is 83.1 Å². The molecule has 1 aliphatic carbocycles. The van der Waals surface area contributed by atoms with Crippen molar-refractivity contribution in [2.24, 2.45) is 5.92 Å². The molecule has 3 fully saturated rings. The van der Waals surface area contributed by atoms with E-state index in [4.69, 9.17) is 0 Å². The number of hydrogen-bond donors (Lipinski definition) is 1. The average Bonchev–Trinajstić information content (AvgIpc) is 3.30. The molecule has 1 unspecified atom stereocenters. The molecular weight excluding hydrogens is 576 g/mol. The third kappa shape index (κ3) is 5.87. The first-order valence-electron chi connectivity index (χ1n) is 15.4. The van der Waals surface area contributed by atoms with E-state index in [1.807, 2.05) is 30.3 Å². The molecule has 0 bridgehead atoms. The number of piperidine rings is 2. The number of amides is 5. The number of nitrogens with zero attached hydrogens (tertiary/aromatic N) is 3. The summed E-state index contributed by atoms with van der Waals surface area (Å²) >= 11 is 0. The summed E-state index contributed by atoms with van der Waals surface area (Å²) in [5.41, 5.74) is 1.60. The fourth-order valence-corrected chi connectivity index (χ4v) is 6.73. The highest BCUT2D eigenvalue weighted by Crippen LogP contribution is 2.32. The number of hydrogen-bond acceptors (Lipinski definition) is 9. The summed E-state index contributed by atoms with van der Waals surface area (Å²) in [6.07, 6.45) is 2.85. The van der Waals surface area contributed by atoms with E-state index in [9.17, 15) is 33.6 Å². The lowest BCUT2D eigenvalue weighted by molar-refractivity contribution is -0.161. The van der Waals surface area contributed by atoms with Gasteiger partial charge in [-0.2, -0.15) is 0 Å². The molecule has 1 saturated carbocycles. The number of nitrogens with one attached hydrogen (secondary N) is 1. The Labute approximate surface area is 260 Å². The van der Waals surface area contributed by atoms with Crippen LogP contribution in [0.4, 0.5) is 0 Å². The number of carbonyl (C=O) groups excluding carboxylic acids is 7. The first kappa shape index (κ1) is 30.3. The van der Waals surface area contributed by atoms with Crippen molar-refractivity contribution in [1.82, 2.24) is 20.0 Å². The van der Waals surface area contributed by atoms with E-state index in [1.54, 1.807) is 12.1 Å². The Kier molecular flexibility index (Phi) is 8.53. The van der Waals surface area contributed by atoms with Crippen LogP contribution >= 0.6 is 0 Å². The van der Waals surface area contributed by atoms with Crippen molar-refractivity contribution >= 4 is 41.1 Å². The molecular formula is C34H34N4O7. The molecule has 3 heterocycles. The van der Waals surface area contributed by atoms with Crippen LogP contribution in [0.1, 0.15) is 70.7 Å². The second-order valence-corrected chi connectivity index (χ2v) is 12.0. The fraction of sp³-hybridized carbons (Fsp3) is 0.382. The number of likely N-dealkylation sites (tertiary alicyclic amines) is 2. The number of fused-ring (bicyclic) bond motifs is 1. The van der Waals surface area contributed by atoms with Gasteiger partial charge in [-0.1, -0.05) is 42.5 Å². The molecule has 0 spiro atoms. The fourth-order valence-electron chi connectivity index (χ4n) is 6.73. The molecule has 11 nitrogen and oxygen atoms in total. The molecule has 45 heavy (non-hydrogen) atoms. The number of ketones is 2. The van der Waals surface area contributed by atoms with Gasteiger partial charge in [0.2, 0.25) is 11.8 Å². The van der Waals surface area contributed by atoms with Crippen molar-refractivity contribution in [2.75, 3.05) is 26.2 Å². The number of carbonyl (C=O) groups is 7. The van der Waals surface area contributed by atoms with Gasteiger partial charge in [-0.15, -0.1) is 0 Å². The Morgan fingerprint density at radius 2 is 1.40 bits per heavy atom. The van der Waals surface area contributed by atoms with Crippen molar-refractivity contribution in [1.29, 1.82) is 0 Å². The Hall–Kier alpha value is -4.77. The number of benzene rings is 2. The summed E-state index contributed by atoms with van der Waals surface area (Å²) in [5.74, 6) is -4.19. The number of imide groups is 4. The van der Waals surface area contributed by atoms with Gasteiger partial charge in [0.05, 0.1) is 16.7 Å². The Morgan fingerprint density at radius 1 is 0.800 bits per heavy atom. The minimum absolute atomic E-state index is 0.0146. The van der Waals surface area contributed by atoms with E-state index in [-0.39, 0.29) is 47.0 Å². The first-order valence-corrected chi connectivity index (χ1v) is 15.4. The van der Waals surface area contributed by atoms with Gasteiger partial charge in [0.1, 0.15) is 6.04 Å². The normalized spacial score (nSPS) is 23.1. The predicted molar refractivity (Wildman–Crippen MR) is 161 cm³/mol. The van der Waals surface area contributed by atoms with Crippen LogP contribution in [0.25, 0.3) is 0 Å². The largest absolute Gasteiger partial charge is 0.389 e. The summed E-state index contributed by atoms with van der Waals surface area (Å²) in [6.45, 7) is 2.23. The van der Waals surface area contributed by atoms with Gasteiger partial charge in [-0.25, -0.2) is 4.90 Å². The molecule has 2 aromatic carbocycles. The molecule has 4 aliphatic rings. The maximum Gasteiger partial charge on any atom is 0.262 e. The molecule has 11 heteroatoms. The highest BCUT2D eigenvalue weighted by Gasteiger charge is 2.49.